The van der Waals surface area contributed by atoms with Crippen molar-refractivity contribution in [2.45, 2.75) is 38.0 Å². The fourth-order valence-corrected chi connectivity index (χ4v) is 3.43. The van der Waals surface area contributed by atoms with Crippen molar-refractivity contribution in [1.82, 2.24) is 4.72 Å². The first kappa shape index (κ1) is 15.0. The number of hydrogen-bond acceptors (Lipinski definition) is 3. The van der Waals surface area contributed by atoms with Crippen LogP contribution in [0.4, 0.5) is 0 Å². The molecule has 4 N–H and O–H groups in total. The lowest BCUT2D eigenvalue weighted by atomic mass is 9.93. The molecule has 0 spiro atoms. The van der Waals surface area contributed by atoms with Crippen molar-refractivity contribution in [2.24, 2.45) is 11.1 Å². The first-order valence-electron chi connectivity index (χ1n) is 6.68. The SMILES string of the molecule is CC(C)(CNS(=O)(=O)c1ccc2c(c1)CCC2)C(=N)N. The molecule has 20 heavy (non-hydrogen) atoms. The summed E-state index contributed by atoms with van der Waals surface area (Å²) in [5, 5.41) is 7.45. The number of hydrogen-bond donors (Lipinski definition) is 3. The molecule has 5 nitrogen and oxygen atoms in total. The van der Waals surface area contributed by atoms with Crippen molar-refractivity contribution in [2.75, 3.05) is 6.54 Å². The molecule has 6 heteroatoms. The topological polar surface area (TPSA) is 96.0 Å². The van der Waals surface area contributed by atoms with Gasteiger partial charge in [-0.3, -0.25) is 5.41 Å². The monoisotopic (exact) mass is 295 g/mol. The standard InChI is InChI=1S/C14H21N3O2S/c1-14(2,13(15)16)9-17-20(18,19)12-7-6-10-4-3-5-11(10)8-12/h6-8,17H,3-5,9H2,1-2H3,(H3,15,16). The van der Waals surface area contributed by atoms with Gasteiger partial charge in [0.2, 0.25) is 10.0 Å². The lowest BCUT2D eigenvalue weighted by Crippen LogP contribution is -2.42. The highest BCUT2D eigenvalue weighted by Gasteiger charge is 2.25. The second kappa shape index (κ2) is 5.18. The Morgan fingerprint density at radius 2 is 2.00 bits per heavy atom. The third-order valence-electron chi connectivity index (χ3n) is 3.81. The molecule has 0 fully saturated rings. The maximum absolute atomic E-state index is 12.3. The van der Waals surface area contributed by atoms with E-state index in [4.69, 9.17) is 11.1 Å². The number of benzene rings is 1. The molecule has 1 aliphatic carbocycles. The smallest absolute Gasteiger partial charge is 0.240 e. The summed E-state index contributed by atoms with van der Waals surface area (Å²) in [6.45, 7) is 3.59. The maximum atomic E-state index is 12.3. The van der Waals surface area contributed by atoms with Crippen LogP contribution in [0.5, 0.6) is 0 Å². The maximum Gasteiger partial charge on any atom is 0.240 e. The van der Waals surface area contributed by atoms with E-state index >= 15 is 0 Å². The average Bonchev–Trinajstić information content (AvgIpc) is 2.83. The fourth-order valence-electron chi connectivity index (χ4n) is 2.17. The van der Waals surface area contributed by atoms with E-state index < -0.39 is 15.4 Å². The fraction of sp³-hybridized carbons (Fsp3) is 0.500. The third-order valence-corrected chi connectivity index (χ3v) is 5.21. The van der Waals surface area contributed by atoms with Crippen molar-refractivity contribution in [3.8, 4) is 0 Å². The number of rotatable bonds is 5. The predicted molar refractivity (Wildman–Crippen MR) is 79.4 cm³/mol. The summed E-state index contributed by atoms with van der Waals surface area (Å²) in [5.74, 6) is -0.0332. The highest BCUT2D eigenvalue weighted by molar-refractivity contribution is 7.89. The molecule has 0 saturated carbocycles. The van der Waals surface area contributed by atoms with Gasteiger partial charge in [0.25, 0.3) is 0 Å². The van der Waals surface area contributed by atoms with E-state index in [0.29, 0.717) is 0 Å². The van der Waals surface area contributed by atoms with Crippen LogP contribution in [-0.2, 0) is 22.9 Å². The van der Waals surface area contributed by atoms with Crippen LogP contribution < -0.4 is 10.5 Å². The molecule has 0 bridgehead atoms. The van der Waals surface area contributed by atoms with E-state index in [-0.39, 0.29) is 17.3 Å². The molecule has 0 aliphatic heterocycles. The summed E-state index contributed by atoms with van der Waals surface area (Å²) in [4.78, 5) is 0.289. The van der Waals surface area contributed by atoms with Crippen molar-refractivity contribution in [1.29, 1.82) is 5.41 Å². The molecule has 110 valence electrons. The summed E-state index contributed by atoms with van der Waals surface area (Å²) in [5.41, 5.74) is 7.14. The Morgan fingerprint density at radius 1 is 1.35 bits per heavy atom. The Balaban J connectivity index is 2.17. The number of sulfonamides is 1. The molecular formula is C14H21N3O2S. The second-order valence-electron chi connectivity index (χ2n) is 5.91. The normalized spacial score (nSPS) is 15.1. The van der Waals surface area contributed by atoms with Crippen molar-refractivity contribution < 1.29 is 8.42 Å². The molecule has 2 rings (SSSR count). The van der Waals surface area contributed by atoms with Crippen LogP contribution in [0.3, 0.4) is 0 Å². The molecule has 0 aromatic heterocycles. The van der Waals surface area contributed by atoms with Crippen LogP contribution in [-0.4, -0.2) is 20.8 Å². The second-order valence-corrected chi connectivity index (χ2v) is 7.67. The zero-order chi connectivity index (χ0) is 15.0. The molecule has 1 aromatic carbocycles. The number of fused-ring (bicyclic) bond motifs is 1. The van der Waals surface area contributed by atoms with Crippen LogP contribution in [0.15, 0.2) is 23.1 Å². The van der Waals surface area contributed by atoms with Gasteiger partial charge in [-0.25, -0.2) is 13.1 Å². The van der Waals surface area contributed by atoms with E-state index in [9.17, 15) is 8.42 Å². The van der Waals surface area contributed by atoms with Crippen LogP contribution in [0.2, 0.25) is 0 Å². The summed E-state index contributed by atoms with van der Waals surface area (Å²) in [6.07, 6.45) is 3.06. The van der Waals surface area contributed by atoms with Gasteiger partial charge in [-0.15, -0.1) is 0 Å². The minimum atomic E-state index is -3.55. The highest BCUT2D eigenvalue weighted by Crippen LogP contribution is 2.25. The van der Waals surface area contributed by atoms with Gasteiger partial charge in [-0.2, -0.15) is 0 Å². The van der Waals surface area contributed by atoms with Gasteiger partial charge in [-0.1, -0.05) is 19.9 Å². The summed E-state index contributed by atoms with van der Waals surface area (Å²) in [7, 11) is -3.55. The molecule has 0 unspecified atom stereocenters. The first-order valence-corrected chi connectivity index (χ1v) is 8.17. The van der Waals surface area contributed by atoms with Gasteiger partial charge >= 0.3 is 0 Å². The van der Waals surface area contributed by atoms with Crippen molar-refractivity contribution in [3.05, 3.63) is 29.3 Å². The molecule has 0 heterocycles. The Kier molecular flexibility index (Phi) is 3.88. The minimum absolute atomic E-state index is 0.0332. The number of aryl methyl sites for hydroxylation is 2. The van der Waals surface area contributed by atoms with Gasteiger partial charge in [-0.05, 0) is 42.5 Å². The molecular weight excluding hydrogens is 274 g/mol. The van der Waals surface area contributed by atoms with Gasteiger partial charge in [0, 0.05) is 12.0 Å². The van der Waals surface area contributed by atoms with Crippen LogP contribution in [0, 0.1) is 10.8 Å². The quantitative estimate of drug-likeness (QED) is 0.566. The lowest BCUT2D eigenvalue weighted by Gasteiger charge is -2.23. The molecule has 1 aliphatic rings. The van der Waals surface area contributed by atoms with Crippen LogP contribution in [0.1, 0.15) is 31.4 Å². The molecule has 0 radical (unpaired) electrons. The first-order chi connectivity index (χ1) is 9.22. The Labute approximate surface area is 120 Å². The Hall–Kier alpha value is -1.40. The minimum Gasteiger partial charge on any atom is -0.387 e. The highest BCUT2D eigenvalue weighted by atomic mass is 32.2. The van der Waals surface area contributed by atoms with Gasteiger partial charge in [0.1, 0.15) is 0 Å². The number of nitrogens with two attached hydrogens (primary N) is 1. The Morgan fingerprint density at radius 3 is 2.65 bits per heavy atom. The summed E-state index contributed by atoms with van der Waals surface area (Å²) >= 11 is 0. The van der Waals surface area contributed by atoms with E-state index in [1.807, 2.05) is 6.07 Å². The molecule has 1 aromatic rings. The van der Waals surface area contributed by atoms with Crippen molar-refractivity contribution >= 4 is 15.9 Å². The van der Waals surface area contributed by atoms with E-state index in [2.05, 4.69) is 4.72 Å². The number of amidine groups is 1. The molecule has 0 atom stereocenters. The zero-order valence-electron chi connectivity index (χ0n) is 11.9. The van der Waals surface area contributed by atoms with E-state index in [1.54, 1.807) is 26.0 Å². The number of nitrogens with one attached hydrogen (secondary N) is 2. The van der Waals surface area contributed by atoms with Gasteiger partial charge in [0.05, 0.1) is 10.7 Å². The summed E-state index contributed by atoms with van der Waals surface area (Å²) < 4.78 is 27.1. The average molecular weight is 295 g/mol. The summed E-state index contributed by atoms with van der Waals surface area (Å²) in [6, 6.07) is 5.30. The van der Waals surface area contributed by atoms with Crippen LogP contribution in [0.25, 0.3) is 0 Å². The van der Waals surface area contributed by atoms with E-state index in [1.165, 1.54) is 5.56 Å². The molecule has 0 amide bonds. The largest absolute Gasteiger partial charge is 0.387 e. The van der Waals surface area contributed by atoms with Crippen LogP contribution >= 0.6 is 0 Å². The third kappa shape index (κ3) is 3.02. The zero-order valence-corrected chi connectivity index (χ0v) is 12.7. The van der Waals surface area contributed by atoms with E-state index in [0.717, 1.165) is 24.8 Å². The predicted octanol–water partition coefficient (Wildman–Crippen LogP) is 1.42. The lowest BCUT2D eigenvalue weighted by molar-refractivity contribution is 0.493. The van der Waals surface area contributed by atoms with Gasteiger partial charge < -0.3 is 5.73 Å². The molecule has 0 saturated heterocycles. The van der Waals surface area contributed by atoms with Crippen molar-refractivity contribution in [3.63, 3.8) is 0 Å². The Bertz CT molecular complexity index is 636. The van der Waals surface area contributed by atoms with Gasteiger partial charge in [0.15, 0.2) is 0 Å².